The zero-order chi connectivity index (χ0) is 27.6. The summed E-state index contributed by atoms with van der Waals surface area (Å²) in [5.41, 5.74) is 8.38. The van der Waals surface area contributed by atoms with Crippen molar-refractivity contribution in [1.82, 2.24) is 19.4 Å². The van der Waals surface area contributed by atoms with E-state index >= 15 is 0 Å². The average molecular weight is 730 g/mol. The second-order valence-corrected chi connectivity index (χ2v) is 17.1. The molecule has 0 atom stereocenters. The van der Waals surface area contributed by atoms with Crippen LogP contribution in [0.25, 0.3) is 49.7 Å². The van der Waals surface area contributed by atoms with Crippen LogP contribution in [0.3, 0.4) is 0 Å². The summed E-state index contributed by atoms with van der Waals surface area (Å²) < 4.78 is 2.23. The molecule has 0 aliphatic heterocycles. The van der Waals surface area contributed by atoms with Crippen molar-refractivity contribution in [3.63, 3.8) is 0 Å². The number of fused-ring (bicyclic) bond motifs is 8. The molecule has 41 heavy (non-hydrogen) atoms. The van der Waals surface area contributed by atoms with Gasteiger partial charge < -0.3 is 9.38 Å². The smallest absolute Gasteiger partial charge is 0.307 e. The molecule has 7 aromatic rings. The van der Waals surface area contributed by atoms with Gasteiger partial charge in [0.2, 0.25) is 0 Å². The van der Waals surface area contributed by atoms with Crippen LogP contribution in [0, 0.1) is 12.1 Å². The first kappa shape index (κ1) is 27.5. The van der Waals surface area contributed by atoms with E-state index in [0.29, 0.717) is 0 Å². The zero-order valence-electron chi connectivity index (χ0n) is 23.8. The van der Waals surface area contributed by atoms with Gasteiger partial charge in [0.1, 0.15) is 5.65 Å². The van der Waals surface area contributed by atoms with Crippen LogP contribution in [-0.4, -0.2) is 27.4 Å². The predicted octanol–water partition coefficient (Wildman–Crippen LogP) is 7.72. The summed E-state index contributed by atoms with van der Waals surface area (Å²) in [6, 6.07) is 38.4. The summed E-state index contributed by atoms with van der Waals surface area (Å²) in [6.45, 7) is 11.5. The van der Waals surface area contributed by atoms with Gasteiger partial charge in [-0.2, -0.15) is 0 Å². The third-order valence-corrected chi connectivity index (χ3v) is 10.0. The quantitative estimate of drug-likeness (QED) is 0.106. The predicted molar refractivity (Wildman–Crippen MR) is 168 cm³/mol. The van der Waals surface area contributed by atoms with Gasteiger partial charge in [-0.3, -0.25) is 4.98 Å². The summed E-state index contributed by atoms with van der Waals surface area (Å²) in [5, 5.41) is 3.43. The van der Waals surface area contributed by atoms with Crippen LogP contribution in [0.2, 0.25) is 19.6 Å². The molecule has 0 radical (unpaired) electrons. The van der Waals surface area contributed by atoms with E-state index in [-0.39, 0.29) is 21.1 Å². The van der Waals surface area contributed by atoms with E-state index in [1.807, 2.05) is 18.2 Å². The molecule has 0 aliphatic carbocycles. The number of rotatable bonds is 4. The van der Waals surface area contributed by atoms with Gasteiger partial charge in [-0.25, -0.2) is 4.98 Å². The second kappa shape index (κ2) is 10.0. The maximum Gasteiger partial charge on any atom is 2.00 e. The Balaban J connectivity index is 0.00000302. The molecule has 204 valence electrons. The maximum atomic E-state index is 5.31. The standard InChI is InChI=1S/C35H30N4Si.Pt/c1-35(2,31-16-10-14-27(36-31)23-17-19-24(20-18-23)40(3,4)5)32-22-21-30-33(38-32)25-11-6-7-12-26(25)34-37-28-13-8-9-15-29(28)39(30)34;/h6-10,12-17,19-22H,1-5H3;/q-2;+2. The SMILES string of the molecule is CC(C)(c1cccc(-c2[c-]cc([Si](C)(C)C)cc2)n1)c1ccc2c(n1)c1[c-]cccc1c1nc3ccccc3n21.[Pt+2]. The van der Waals surface area contributed by atoms with E-state index in [0.717, 1.165) is 61.1 Å². The third kappa shape index (κ3) is 4.52. The molecule has 0 aliphatic rings. The average Bonchev–Trinajstić information content (AvgIpc) is 3.37. The topological polar surface area (TPSA) is 43.1 Å². The van der Waals surface area contributed by atoms with Gasteiger partial charge in [-0.15, -0.1) is 64.7 Å². The van der Waals surface area contributed by atoms with E-state index in [1.165, 1.54) is 5.19 Å². The Kier molecular flexibility index (Phi) is 6.71. The van der Waals surface area contributed by atoms with Crippen molar-refractivity contribution >= 4 is 51.7 Å². The molecule has 0 bridgehead atoms. The molecule has 4 nitrogen and oxygen atoms in total. The van der Waals surface area contributed by atoms with Gasteiger partial charge in [-0.1, -0.05) is 49.3 Å². The Labute approximate surface area is 255 Å². The van der Waals surface area contributed by atoms with Crippen LogP contribution >= 0.6 is 0 Å². The zero-order valence-corrected chi connectivity index (χ0v) is 27.0. The van der Waals surface area contributed by atoms with E-state index in [1.54, 1.807) is 0 Å². The van der Waals surface area contributed by atoms with E-state index in [4.69, 9.17) is 15.0 Å². The molecule has 0 N–H and O–H groups in total. The normalized spacial score (nSPS) is 12.3. The number of aromatic nitrogens is 4. The first-order valence-electron chi connectivity index (χ1n) is 13.7. The van der Waals surface area contributed by atoms with Crippen molar-refractivity contribution in [3.8, 4) is 11.3 Å². The summed E-state index contributed by atoms with van der Waals surface area (Å²) in [6.07, 6.45) is 0. The first-order chi connectivity index (χ1) is 19.2. The van der Waals surface area contributed by atoms with Crippen molar-refractivity contribution < 1.29 is 21.1 Å². The number of hydrogen-bond acceptors (Lipinski definition) is 3. The second-order valence-electron chi connectivity index (χ2n) is 12.1. The molecule has 4 heterocycles. The van der Waals surface area contributed by atoms with Gasteiger partial charge >= 0.3 is 21.1 Å². The molecule has 6 heteroatoms. The summed E-state index contributed by atoms with van der Waals surface area (Å²) in [5.74, 6) is 0. The molecule has 7 rings (SSSR count). The van der Waals surface area contributed by atoms with Gasteiger partial charge in [0.25, 0.3) is 0 Å². The van der Waals surface area contributed by atoms with E-state index in [9.17, 15) is 0 Å². The van der Waals surface area contributed by atoms with Crippen LogP contribution < -0.4 is 5.19 Å². The molecular weight excluding hydrogens is 700 g/mol. The molecule has 0 saturated carbocycles. The molecule has 0 unspecified atom stereocenters. The number of hydrogen-bond donors (Lipinski definition) is 0. The van der Waals surface area contributed by atoms with Crippen molar-refractivity contribution in [2.75, 3.05) is 0 Å². The van der Waals surface area contributed by atoms with Crippen LogP contribution in [0.15, 0.2) is 91.0 Å². The van der Waals surface area contributed by atoms with Crippen molar-refractivity contribution in [2.24, 2.45) is 0 Å². The summed E-state index contributed by atoms with van der Waals surface area (Å²) in [7, 11) is -1.38. The number of para-hydroxylation sites is 2. The third-order valence-electron chi connectivity index (χ3n) is 7.99. The Morgan fingerprint density at radius 2 is 1.54 bits per heavy atom. The minimum atomic E-state index is -1.38. The van der Waals surface area contributed by atoms with Gasteiger partial charge in [0, 0.05) is 35.9 Å². The maximum absolute atomic E-state index is 5.31. The molecule has 0 amide bonds. The molecule has 3 aromatic carbocycles. The van der Waals surface area contributed by atoms with Gasteiger partial charge in [-0.05, 0) is 49.9 Å². The Morgan fingerprint density at radius 3 is 2.32 bits per heavy atom. The van der Waals surface area contributed by atoms with Crippen molar-refractivity contribution in [1.29, 1.82) is 0 Å². The minimum Gasteiger partial charge on any atom is -0.307 e. The Hall–Kier alpha value is -3.66. The van der Waals surface area contributed by atoms with E-state index < -0.39 is 13.5 Å². The van der Waals surface area contributed by atoms with Crippen LogP contribution in [-0.2, 0) is 26.5 Å². The van der Waals surface area contributed by atoms with Gasteiger partial charge in [0.05, 0.1) is 11.0 Å². The number of benzene rings is 3. The summed E-state index contributed by atoms with van der Waals surface area (Å²) >= 11 is 0. The van der Waals surface area contributed by atoms with Crippen molar-refractivity contribution in [2.45, 2.75) is 38.9 Å². The fourth-order valence-corrected chi connectivity index (χ4v) is 6.64. The van der Waals surface area contributed by atoms with Crippen molar-refractivity contribution in [3.05, 3.63) is 115 Å². The Morgan fingerprint density at radius 1 is 0.732 bits per heavy atom. The minimum absolute atomic E-state index is 0. The number of pyridine rings is 3. The van der Waals surface area contributed by atoms with E-state index in [2.05, 4.69) is 123 Å². The number of nitrogens with zero attached hydrogens (tertiary/aromatic N) is 4. The van der Waals surface area contributed by atoms with Crippen LogP contribution in [0.4, 0.5) is 0 Å². The molecular formula is C35H30N4PtSi. The van der Waals surface area contributed by atoms with Crippen LogP contribution in [0.1, 0.15) is 25.2 Å². The fourth-order valence-electron chi connectivity index (χ4n) is 5.55. The number of imidazole rings is 1. The van der Waals surface area contributed by atoms with Gasteiger partial charge in [0.15, 0.2) is 0 Å². The fraction of sp³-hybridized carbons (Fsp3) is 0.171. The largest absolute Gasteiger partial charge is 2.00 e. The monoisotopic (exact) mass is 729 g/mol. The first-order valence-corrected chi connectivity index (χ1v) is 17.2. The Bertz CT molecular complexity index is 2070. The van der Waals surface area contributed by atoms with Crippen LogP contribution in [0.5, 0.6) is 0 Å². The molecule has 0 fully saturated rings. The molecule has 0 saturated heterocycles. The summed E-state index contributed by atoms with van der Waals surface area (Å²) in [4.78, 5) is 15.4. The molecule has 4 aromatic heterocycles. The molecule has 0 spiro atoms.